The van der Waals surface area contributed by atoms with Gasteiger partial charge in [-0.15, -0.1) is 0 Å². The van der Waals surface area contributed by atoms with Crippen molar-refractivity contribution in [3.63, 3.8) is 0 Å². The minimum absolute atomic E-state index is 0.0566. The average molecular weight is 300 g/mol. The molecule has 3 N–H and O–H groups in total. The molecule has 0 radical (unpaired) electrons. The maximum Gasteiger partial charge on any atom is 0.317 e. The van der Waals surface area contributed by atoms with Crippen LogP contribution in [0.2, 0.25) is 0 Å². The molecule has 6 nitrogen and oxygen atoms in total. The third-order valence-electron chi connectivity index (χ3n) is 4.04. The smallest absolute Gasteiger partial charge is 0.317 e. The summed E-state index contributed by atoms with van der Waals surface area (Å²) < 4.78 is 0. The molecular weight excluding hydrogens is 272 g/mol. The maximum absolute atomic E-state index is 12.2. The molecule has 0 aromatic rings. The normalized spacial score (nSPS) is 24.0. The number of aliphatic hydroxyl groups excluding tert-OH is 1. The molecule has 1 aliphatic heterocycles. The van der Waals surface area contributed by atoms with E-state index < -0.39 is 11.9 Å². The number of carboxylic acid groups (broad SMARTS) is 1. The molecule has 1 rings (SSSR count). The number of aliphatic hydroxyl groups is 1. The number of rotatable bonds is 5. The van der Waals surface area contributed by atoms with Gasteiger partial charge < -0.3 is 20.4 Å². The molecule has 1 heterocycles. The monoisotopic (exact) mass is 300 g/mol. The number of nitrogens with zero attached hydrogens (tertiary/aromatic N) is 1. The Morgan fingerprint density at radius 3 is 2.48 bits per heavy atom. The summed E-state index contributed by atoms with van der Waals surface area (Å²) in [5, 5.41) is 21.3. The van der Waals surface area contributed by atoms with Crippen LogP contribution >= 0.6 is 0 Å². The Morgan fingerprint density at radius 2 is 2.00 bits per heavy atom. The Morgan fingerprint density at radius 1 is 1.38 bits per heavy atom. The van der Waals surface area contributed by atoms with Gasteiger partial charge in [0, 0.05) is 13.1 Å². The first-order valence-corrected chi connectivity index (χ1v) is 7.54. The van der Waals surface area contributed by atoms with Crippen LogP contribution in [0.15, 0.2) is 0 Å². The van der Waals surface area contributed by atoms with Crippen LogP contribution in [-0.2, 0) is 4.79 Å². The Hall–Kier alpha value is -1.30. The number of nitrogens with one attached hydrogen (secondary N) is 1. The molecular formula is C15H28N2O4. The minimum atomic E-state index is -0.890. The summed E-state index contributed by atoms with van der Waals surface area (Å²) in [5.74, 6) is -1.22. The van der Waals surface area contributed by atoms with Crippen molar-refractivity contribution >= 4 is 12.0 Å². The van der Waals surface area contributed by atoms with Gasteiger partial charge in [0.2, 0.25) is 0 Å². The largest absolute Gasteiger partial charge is 0.481 e. The van der Waals surface area contributed by atoms with Gasteiger partial charge in [-0.25, -0.2) is 4.79 Å². The van der Waals surface area contributed by atoms with Crippen LogP contribution in [0.3, 0.4) is 0 Å². The Kier molecular flexibility index (Phi) is 6.01. The van der Waals surface area contributed by atoms with Gasteiger partial charge >= 0.3 is 12.0 Å². The van der Waals surface area contributed by atoms with Crippen LogP contribution in [0, 0.1) is 17.3 Å². The number of carbonyl (C=O) groups is 2. The number of carboxylic acids is 1. The molecule has 0 spiro atoms. The van der Waals surface area contributed by atoms with Crippen LogP contribution in [0.4, 0.5) is 4.79 Å². The molecule has 3 unspecified atom stereocenters. The number of aliphatic carboxylic acids is 1. The first-order chi connectivity index (χ1) is 9.65. The summed E-state index contributed by atoms with van der Waals surface area (Å²) in [6, 6.07) is -0.450. The molecule has 122 valence electrons. The fraction of sp³-hybridized carbons (Fsp3) is 0.867. The SMILES string of the molecule is CC1CCN(C(=O)NCC(CC(C)(C)C)C(=O)O)C1CO. The fourth-order valence-electron chi connectivity index (χ4n) is 2.84. The lowest BCUT2D eigenvalue weighted by Crippen LogP contribution is -2.47. The van der Waals surface area contributed by atoms with Gasteiger partial charge in [0.25, 0.3) is 0 Å². The number of amides is 2. The van der Waals surface area contributed by atoms with Crippen molar-refractivity contribution in [2.24, 2.45) is 17.3 Å². The zero-order chi connectivity index (χ0) is 16.2. The minimum Gasteiger partial charge on any atom is -0.481 e. The zero-order valence-corrected chi connectivity index (χ0v) is 13.4. The molecule has 0 aromatic heterocycles. The topological polar surface area (TPSA) is 89.9 Å². The number of urea groups is 1. The molecule has 0 aromatic carbocycles. The van der Waals surface area contributed by atoms with E-state index in [9.17, 15) is 19.8 Å². The third kappa shape index (κ3) is 5.19. The standard InChI is InChI=1S/C15H28N2O4/c1-10-5-6-17(12(10)9-18)14(21)16-8-11(13(19)20)7-15(2,3)4/h10-12,18H,5-9H2,1-4H3,(H,16,21)(H,19,20). The first kappa shape index (κ1) is 17.8. The summed E-state index contributed by atoms with van der Waals surface area (Å²) in [6.45, 7) is 8.62. The molecule has 3 atom stereocenters. The van der Waals surface area contributed by atoms with Gasteiger partial charge in [-0.3, -0.25) is 4.79 Å². The lowest BCUT2D eigenvalue weighted by Gasteiger charge is -2.27. The van der Waals surface area contributed by atoms with Gasteiger partial charge in [0.15, 0.2) is 0 Å². The summed E-state index contributed by atoms with van der Waals surface area (Å²) >= 11 is 0. The van der Waals surface area contributed by atoms with E-state index >= 15 is 0 Å². The van der Waals surface area contributed by atoms with Crippen molar-refractivity contribution in [3.05, 3.63) is 0 Å². The molecule has 1 fully saturated rings. The summed E-state index contributed by atoms with van der Waals surface area (Å²) in [4.78, 5) is 25.1. The van der Waals surface area contributed by atoms with Gasteiger partial charge in [-0.05, 0) is 24.2 Å². The highest BCUT2D eigenvalue weighted by molar-refractivity contribution is 5.76. The zero-order valence-electron chi connectivity index (χ0n) is 13.4. The van der Waals surface area contributed by atoms with Gasteiger partial charge in [0.1, 0.15) is 0 Å². The van der Waals surface area contributed by atoms with E-state index in [2.05, 4.69) is 5.32 Å². The van der Waals surface area contributed by atoms with Gasteiger partial charge in [0.05, 0.1) is 18.6 Å². The van der Waals surface area contributed by atoms with E-state index in [1.165, 1.54) is 0 Å². The lowest BCUT2D eigenvalue weighted by atomic mass is 9.84. The molecule has 0 bridgehead atoms. The van der Waals surface area contributed by atoms with Crippen molar-refractivity contribution in [1.29, 1.82) is 0 Å². The fourth-order valence-corrected chi connectivity index (χ4v) is 2.84. The number of carbonyl (C=O) groups excluding carboxylic acids is 1. The second-order valence-electron chi connectivity index (χ2n) is 7.20. The summed E-state index contributed by atoms with van der Waals surface area (Å²) in [5.41, 5.74) is -0.108. The Balaban J connectivity index is 2.56. The second kappa shape index (κ2) is 7.11. The highest BCUT2D eigenvalue weighted by Gasteiger charge is 2.34. The average Bonchev–Trinajstić information content (AvgIpc) is 2.73. The predicted octanol–water partition coefficient (Wildman–Crippen LogP) is 1.54. The van der Waals surface area contributed by atoms with Crippen molar-refractivity contribution in [2.45, 2.75) is 46.6 Å². The highest BCUT2D eigenvalue weighted by Crippen LogP contribution is 2.25. The van der Waals surface area contributed by atoms with E-state index in [1.54, 1.807) is 4.90 Å². The third-order valence-corrected chi connectivity index (χ3v) is 4.04. The molecule has 6 heteroatoms. The van der Waals surface area contributed by atoms with E-state index in [1.807, 2.05) is 27.7 Å². The quantitative estimate of drug-likeness (QED) is 0.718. The Bertz CT molecular complexity index is 378. The lowest BCUT2D eigenvalue weighted by molar-refractivity contribution is -0.142. The van der Waals surface area contributed by atoms with Crippen molar-refractivity contribution in [2.75, 3.05) is 19.7 Å². The van der Waals surface area contributed by atoms with Gasteiger partial charge in [-0.2, -0.15) is 0 Å². The van der Waals surface area contributed by atoms with Gasteiger partial charge in [-0.1, -0.05) is 27.7 Å². The second-order valence-corrected chi connectivity index (χ2v) is 7.20. The van der Waals surface area contributed by atoms with Crippen molar-refractivity contribution < 1.29 is 19.8 Å². The highest BCUT2D eigenvalue weighted by atomic mass is 16.4. The van der Waals surface area contributed by atoms with Crippen molar-refractivity contribution in [1.82, 2.24) is 10.2 Å². The summed E-state index contributed by atoms with van der Waals surface area (Å²) in [7, 11) is 0. The summed E-state index contributed by atoms with van der Waals surface area (Å²) in [6.07, 6.45) is 1.37. The number of likely N-dealkylation sites (tertiary alicyclic amines) is 1. The van der Waals surface area contributed by atoms with Crippen LogP contribution < -0.4 is 5.32 Å². The van der Waals surface area contributed by atoms with Crippen LogP contribution in [-0.4, -0.2) is 52.9 Å². The molecule has 1 saturated heterocycles. The molecule has 21 heavy (non-hydrogen) atoms. The number of hydrogen-bond donors (Lipinski definition) is 3. The van der Waals surface area contributed by atoms with E-state index in [0.717, 1.165) is 6.42 Å². The predicted molar refractivity (Wildman–Crippen MR) is 80.0 cm³/mol. The van der Waals surface area contributed by atoms with E-state index in [4.69, 9.17) is 0 Å². The molecule has 0 aliphatic carbocycles. The maximum atomic E-state index is 12.2. The molecule has 1 aliphatic rings. The van der Waals surface area contributed by atoms with Crippen molar-refractivity contribution in [3.8, 4) is 0 Å². The Labute approximate surface area is 126 Å². The first-order valence-electron chi connectivity index (χ1n) is 7.54. The molecule has 0 saturated carbocycles. The number of hydrogen-bond acceptors (Lipinski definition) is 3. The van der Waals surface area contributed by atoms with Crippen LogP contribution in [0.1, 0.15) is 40.5 Å². The van der Waals surface area contributed by atoms with E-state index in [-0.39, 0.29) is 36.6 Å². The van der Waals surface area contributed by atoms with Crippen LogP contribution in [0.25, 0.3) is 0 Å². The molecule has 2 amide bonds. The van der Waals surface area contributed by atoms with Crippen LogP contribution in [0.5, 0.6) is 0 Å². The van der Waals surface area contributed by atoms with E-state index in [0.29, 0.717) is 13.0 Å².